The average Bonchev–Trinajstić information content (AvgIpc) is 2.16. The largest absolute Gasteiger partial charge is 0.328 e. The van der Waals surface area contributed by atoms with Crippen LogP contribution in [0.2, 0.25) is 0 Å². The molecular weight excluding hydrogens is 184 g/mol. The average molecular weight is 216 g/mol. The molecule has 0 amide bonds. The Morgan fingerprint density at radius 3 is 1.60 bits per heavy atom. The zero-order valence-electron chi connectivity index (χ0n) is 11.9. The van der Waals surface area contributed by atoms with E-state index in [0.29, 0.717) is 12.1 Å². The second kappa shape index (κ2) is 10.4. The minimum atomic E-state index is 0.426. The van der Waals surface area contributed by atoms with Crippen LogP contribution in [-0.2, 0) is 0 Å². The fourth-order valence-electron chi connectivity index (χ4n) is 1.14. The van der Waals surface area contributed by atoms with Crippen molar-refractivity contribution >= 4 is 0 Å². The summed E-state index contributed by atoms with van der Waals surface area (Å²) in [7, 11) is 2.13. The lowest BCUT2D eigenvalue weighted by Gasteiger charge is -2.17. The predicted molar refractivity (Wildman–Crippen MR) is 71.2 cm³/mol. The molecule has 0 aromatic carbocycles. The number of hydrogen-bond donors (Lipinski definition) is 1. The minimum absolute atomic E-state index is 0.426. The SMILES string of the molecule is CCC(N)CC(C)C.CCN(C)C(C)C. The highest BCUT2D eigenvalue weighted by atomic mass is 15.1. The molecule has 1 atom stereocenters. The van der Waals surface area contributed by atoms with Crippen LogP contribution in [0.5, 0.6) is 0 Å². The maximum Gasteiger partial charge on any atom is 0.00386 e. The molecule has 2 N–H and O–H groups in total. The van der Waals surface area contributed by atoms with Crippen molar-refractivity contribution in [2.75, 3.05) is 13.6 Å². The molecule has 0 fully saturated rings. The third kappa shape index (κ3) is 13.9. The number of nitrogens with zero attached hydrogens (tertiary/aromatic N) is 1. The Hall–Kier alpha value is -0.0800. The maximum absolute atomic E-state index is 5.67. The Morgan fingerprint density at radius 2 is 1.53 bits per heavy atom. The van der Waals surface area contributed by atoms with Crippen molar-refractivity contribution in [3.63, 3.8) is 0 Å². The Morgan fingerprint density at radius 1 is 1.07 bits per heavy atom. The van der Waals surface area contributed by atoms with Gasteiger partial charge >= 0.3 is 0 Å². The molecule has 0 saturated heterocycles. The smallest absolute Gasteiger partial charge is 0.00386 e. The highest BCUT2D eigenvalue weighted by Gasteiger charge is 2.00. The van der Waals surface area contributed by atoms with E-state index in [1.807, 2.05) is 0 Å². The topological polar surface area (TPSA) is 29.3 Å². The van der Waals surface area contributed by atoms with Crippen LogP contribution in [0.3, 0.4) is 0 Å². The third-order valence-electron chi connectivity index (χ3n) is 2.68. The second-order valence-electron chi connectivity index (χ2n) is 4.96. The zero-order chi connectivity index (χ0) is 12.4. The summed E-state index contributed by atoms with van der Waals surface area (Å²) in [6, 6.07) is 1.12. The summed E-state index contributed by atoms with van der Waals surface area (Å²) in [6.07, 6.45) is 2.27. The van der Waals surface area contributed by atoms with Gasteiger partial charge in [0.25, 0.3) is 0 Å². The summed E-state index contributed by atoms with van der Waals surface area (Å²) in [6.45, 7) is 14.3. The summed E-state index contributed by atoms with van der Waals surface area (Å²) in [5.74, 6) is 0.755. The summed E-state index contributed by atoms with van der Waals surface area (Å²) < 4.78 is 0. The fourth-order valence-corrected chi connectivity index (χ4v) is 1.14. The van der Waals surface area contributed by atoms with Crippen LogP contribution < -0.4 is 5.73 Å². The highest BCUT2D eigenvalue weighted by Crippen LogP contribution is 2.03. The Labute approximate surface area is 97.2 Å². The first-order valence-corrected chi connectivity index (χ1v) is 6.30. The first-order chi connectivity index (χ1) is 6.84. The molecule has 94 valence electrons. The van der Waals surface area contributed by atoms with Crippen LogP contribution in [-0.4, -0.2) is 30.6 Å². The lowest BCUT2D eigenvalue weighted by molar-refractivity contribution is 0.289. The number of hydrogen-bond acceptors (Lipinski definition) is 2. The maximum atomic E-state index is 5.67. The van der Waals surface area contributed by atoms with Crippen molar-refractivity contribution in [1.82, 2.24) is 4.90 Å². The molecule has 0 aliphatic heterocycles. The van der Waals surface area contributed by atoms with Gasteiger partial charge in [0.15, 0.2) is 0 Å². The number of rotatable bonds is 5. The van der Waals surface area contributed by atoms with Gasteiger partial charge in [0, 0.05) is 12.1 Å². The van der Waals surface area contributed by atoms with Crippen molar-refractivity contribution in [2.24, 2.45) is 11.7 Å². The molecule has 0 radical (unpaired) electrons. The van der Waals surface area contributed by atoms with E-state index in [2.05, 4.69) is 53.5 Å². The third-order valence-corrected chi connectivity index (χ3v) is 2.68. The molecule has 0 bridgehead atoms. The van der Waals surface area contributed by atoms with Gasteiger partial charge in [-0.25, -0.2) is 0 Å². The van der Waals surface area contributed by atoms with Gasteiger partial charge in [-0.3, -0.25) is 0 Å². The molecule has 0 aliphatic rings. The second-order valence-corrected chi connectivity index (χ2v) is 4.96. The van der Waals surface area contributed by atoms with E-state index >= 15 is 0 Å². The molecule has 0 saturated carbocycles. The van der Waals surface area contributed by atoms with Crippen molar-refractivity contribution < 1.29 is 0 Å². The molecule has 0 aromatic rings. The molecule has 0 heterocycles. The van der Waals surface area contributed by atoms with Gasteiger partial charge in [0.2, 0.25) is 0 Å². The van der Waals surface area contributed by atoms with Crippen LogP contribution in [0.15, 0.2) is 0 Å². The van der Waals surface area contributed by atoms with Crippen LogP contribution >= 0.6 is 0 Å². The molecule has 2 nitrogen and oxygen atoms in total. The van der Waals surface area contributed by atoms with Crippen LogP contribution in [0.1, 0.15) is 54.4 Å². The molecule has 0 aromatic heterocycles. The van der Waals surface area contributed by atoms with E-state index in [9.17, 15) is 0 Å². The molecule has 1 unspecified atom stereocenters. The predicted octanol–water partition coefficient (Wildman–Crippen LogP) is 3.12. The monoisotopic (exact) mass is 216 g/mol. The van der Waals surface area contributed by atoms with E-state index in [4.69, 9.17) is 5.73 Å². The Kier molecular flexibility index (Phi) is 12.1. The molecular formula is C13H32N2. The lowest BCUT2D eigenvalue weighted by atomic mass is 10.0. The summed E-state index contributed by atoms with van der Waals surface area (Å²) in [5.41, 5.74) is 5.67. The minimum Gasteiger partial charge on any atom is -0.328 e. The van der Waals surface area contributed by atoms with Crippen LogP contribution in [0, 0.1) is 5.92 Å². The van der Waals surface area contributed by atoms with E-state index in [-0.39, 0.29) is 0 Å². The van der Waals surface area contributed by atoms with E-state index in [1.54, 1.807) is 0 Å². The molecule has 0 spiro atoms. The fraction of sp³-hybridized carbons (Fsp3) is 1.00. The van der Waals surface area contributed by atoms with E-state index in [1.165, 1.54) is 0 Å². The van der Waals surface area contributed by atoms with Gasteiger partial charge < -0.3 is 10.6 Å². The normalized spacial score (nSPS) is 13.0. The summed E-state index contributed by atoms with van der Waals surface area (Å²) in [5, 5.41) is 0. The van der Waals surface area contributed by atoms with Gasteiger partial charge in [-0.05, 0) is 46.2 Å². The summed E-state index contributed by atoms with van der Waals surface area (Å²) >= 11 is 0. The van der Waals surface area contributed by atoms with Crippen LogP contribution in [0.25, 0.3) is 0 Å². The zero-order valence-corrected chi connectivity index (χ0v) is 11.9. The van der Waals surface area contributed by atoms with E-state index < -0.39 is 0 Å². The first kappa shape index (κ1) is 17.3. The Bertz CT molecular complexity index is 122. The number of nitrogens with two attached hydrogens (primary N) is 1. The molecule has 0 rings (SSSR count). The first-order valence-electron chi connectivity index (χ1n) is 6.30. The molecule has 15 heavy (non-hydrogen) atoms. The standard InChI is InChI=1S/C7H17N.C6H15N/c1-4-7(8)5-6(2)3;1-5-7(4)6(2)3/h6-7H,4-5,8H2,1-3H3;6H,5H2,1-4H3. The summed E-state index contributed by atoms with van der Waals surface area (Å²) in [4.78, 5) is 2.29. The van der Waals surface area contributed by atoms with E-state index in [0.717, 1.165) is 25.3 Å². The van der Waals surface area contributed by atoms with Gasteiger partial charge in [0.05, 0.1) is 0 Å². The van der Waals surface area contributed by atoms with Gasteiger partial charge in [-0.1, -0.05) is 27.7 Å². The van der Waals surface area contributed by atoms with Crippen molar-refractivity contribution in [2.45, 2.75) is 66.5 Å². The van der Waals surface area contributed by atoms with Crippen LogP contribution in [0.4, 0.5) is 0 Å². The van der Waals surface area contributed by atoms with Crippen molar-refractivity contribution in [3.8, 4) is 0 Å². The lowest BCUT2D eigenvalue weighted by Crippen LogP contribution is -2.25. The van der Waals surface area contributed by atoms with Gasteiger partial charge in [0.1, 0.15) is 0 Å². The quantitative estimate of drug-likeness (QED) is 0.765. The van der Waals surface area contributed by atoms with Gasteiger partial charge in [-0.2, -0.15) is 0 Å². The van der Waals surface area contributed by atoms with Crippen molar-refractivity contribution in [3.05, 3.63) is 0 Å². The molecule has 2 heteroatoms. The molecule has 0 aliphatic carbocycles. The van der Waals surface area contributed by atoms with Gasteiger partial charge in [-0.15, -0.1) is 0 Å². The highest BCUT2D eigenvalue weighted by molar-refractivity contribution is 4.59. The Balaban J connectivity index is 0. The van der Waals surface area contributed by atoms with Crippen molar-refractivity contribution in [1.29, 1.82) is 0 Å².